The molecule has 0 spiro atoms. The lowest BCUT2D eigenvalue weighted by Gasteiger charge is -2.21. The van der Waals surface area contributed by atoms with Crippen molar-refractivity contribution in [2.45, 2.75) is 46.6 Å². The van der Waals surface area contributed by atoms with Gasteiger partial charge in [-0.15, -0.1) is 11.6 Å². The van der Waals surface area contributed by atoms with Crippen LogP contribution in [0.1, 0.15) is 40.5 Å². The highest BCUT2D eigenvalue weighted by Crippen LogP contribution is 2.06. The zero-order valence-electron chi connectivity index (χ0n) is 11.3. The minimum Gasteiger partial charge on any atom is -0.380 e. The Balaban J connectivity index is 3.40. The summed E-state index contributed by atoms with van der Waals surface area (Å²) in [6.45, 7) is 11.5. The third kappa shape index (κ3) is 9.44. The molecule has 1 atom stereocenters. The minimum absolute atomic E-state index is 0.520. The first-order valence-electron chi connectivity index (χ1n) is 6.45. The molecule has 0 aliphatic rings. The second kappa shape index (κ2) is 10.4. The maximum absolute atomic E-state index is 5.77. The summed E-state index contributed by atoms with van der Waals surface area (Å²) in [5, 5.41) is 3.50. The molecule has 0 aromatic heterocycles. The molecular weight excluding hydrogens is 222 g/mol. The molecule has 0 aromatic rings. The van der Waals surface area contributed by atoms with Crippen LogP contribution in [0.4, 0.5) is 0 Å². The van der Waals surface area contributed by atoms with Crippen LogP contribution in [0.25, 0.3) is 0 Å². The number of hydrogen-bond donors (Lipinski definition) is 1. The van der Waals surface area contributed by atoms with Crippen molar-refractivity contribution < 1.29 is 4.74 Å². The number of rotatable bonds is 10. The van der Waals surface area contributed by atoms with Crippen LogP contribution in [0.3, 0.4) is 0 Å². The van der Waals surface area contributed by atoms with Crippen molar-refractivity contribution in [2.24, 2.45) is 11.8 Å². The Bertz CT molecular complexity index is 151. The van der Waals surface area contributed by atoms with Gasteiger partial charge in [0.1, 0.15) is 0 Å². The average molecular weight is 250 g/mol. The predicted molar refractivity (Wildman–Crippen MR) is 72.2 cm³/mol. The van der Waals surface area contributed by atoms with Crippen LogP contribution in [-0.4, -0.2) is 31.7 Å². The van der Waals surface area contributed by atoms with Crippen LogP contribution in [0.15, 0.2) is 0 Å². The Morgan fingerprint density at radius 2 is 1.75 bits per heavy atom. The molecule has 3 heteroatoms. The zero-order chi connectivity index (χ0) is 12.4. The van der Waals surface area contributed by atoms with E-state index in [1.807, 2.05) is 0 Å². The van der Waals surface area contributed by atoms with E-state index >= 15 is 0 Å². The van der Waals surface area contributed by atoms with Gasteiger partial charge in [-0.05, 0) is 24.7 Å². The van der Waals surface area contributed by atoms with E-state index in [0.29, 0.717) is 12.0 Å². The van der Waals surface area contributed by atoms with Gasteiger partial charge in [0.2, 0.25) is 0 Å². The van der Waals surface area contributed by atoms with Crippen LogP contribution in [0, 0.1) is 11.8 Å². The van der Waals surface area contributed by atoms with E-state index in [0.717, 1.165) is 44.4 Å². The van der Waals surface area contributed by atoms with Gasteiger partial charge in [0.15, 0.2) is 0 Å². The summed E-state index contributed by atoms with van der Waals surface area (Å²) in [5.74, 6) is 2.09. The second-order valence-electron chi connectivity index (χ2n) is 5.08. The molecule has 16 heavy (non-hydrogen) atoms. The average Bonchev–Trinajstić information content (AvgIpc) is 2.20. The van der Waals surface area contributed by atoms with Gasteiger partial charge in [-0.2, -0.15) is 0 Å². The first-order chi connectivity index (χ1) is 7.57. The number of hydrogen-bond acceptors (Lipinski definition) is 2. The van der Waals surface area contributed by atoms with Crippen molar-refractivity contribution in [2.75, 3.05) is 25.6 Å². The largest absolute Gasteiger partial charge is 0.380 e. The van der Waals surface area contributed by atoms with Crippen LogP contribution in [0.5, 0.6) is 0 Å². The third-order valence-electron chi connectivity index (χ3n) is 2.72. The van der Waals surface area contributed by atoms with E-state index in [1.165, 1.54) is 0 Å². The summed E-state index contributed by atoms with van der Waals surface area (Å²) in [6, 6.07) is 0.520. The number of ether oxygens (including phenoxy) is 1. The van der Waals surface area contributed by atoms with Gasteiger partial charge in [0.25, 0.3) is 0 Å². The lowest BCUT2D eigenvalue weighted by Crippen LogP contribution is -2.36. The molecule has 0 aromatic carbocycles. The van der Waals surface area contributed by atoms with Crippen molar-refractivity contribution >= 4 is 11.6 Å². The molecular formula is C13H28ClNO. The quantitative estimate of drug-likeness (QED) is 0.474. The fourth-order valence-corrected chi connectivity index (χ4v) is 1.76. The molecule has 0 aliphatic carbocycles. The maximum Gasteiger partial charge on any atom is 0.0591 e. The van der Waals surface area contributed by atoms with Crippen molar-refractivity contribution in [3.63, 3.8) is 0 Å². The van der Waals surface area contributed by atoms with E-state index in [1.54, 1.807) is 0 Å². The molecule has 0 aliphatic heterocycles. The molecule has 2 nitrogen and oxygen atoms in total. The fourth-order valence-electron chi connectivity index (χ4n) is 1.53. The topological polar surface area (TPSA) is 21.3 Å². The molecule has 1 N–H and O–H groups in total. The highest BCUT2D eigenvalue weighted by Gasteiger charge is 2.10. The molecule has 0 saturated heterocycles. The summed E-state index contributed by atoms with van der Waals surface area (Å²) in [5.41, 5.74) is 0. The molecule has 1 unspecified atom stereocenters. The van der Waals surface area contributed by atoms with Gasteiger partial charge in [-0.25, -0.2) is 0 Å². The van der Waals surface area contributed by atoms with Gasteiger partial charge >= 0.3 is 0 Å². The van der Waals surface area contributed by atoms with E-state index in [-0.39, 0.29) is 0 Å². The second-order valence-corrected chi connectivity index (χ2v) is 5.46. The van der Waals surface area contributed by atoms with E-state index in [9.17, 15) is 0 Å². The maximum atomic E-state index is 5.77. The van der Waals surface area contributed by atoms with Gasteiger partial charge in [-0.1, -0.05) is 27.7 Å². The highest BCUT2D eigenvalue weighted by molar-refractivity contribution is 6.17. The Hall–Kier alpha value is 0.210. The number of nitrogens with one attached hydrogen (secondary N) is 1. The van der Waals surface area contributed by atoms with E-state index < -0.39 is 0 Å². The van der Waals surface area contributed by atoms with Crippen molar-refractivity contribution in [1.82, 2.24) is 5.32 Å². The Morgan fingerprint density at radius 1 is 1.06 bits per heavy atom. The molecule has 0 saturated carbocycles. The summed E-state index contributed by atoms with van der Waals surface area (Å²) in [7, 11) is 0. The zero-order valence-corrected chi connectivity index (χ0v) is 12.0. The molecule has 0 heterocycles. The van der Waals surface area contributed by atoms with Crippen molar-refractivity contribution in [3.05, 3.63) is 0 Å². The summed E-state index contributed by atoms with van der Waals surface area (Å²) in [6.07, 6.45) is 2.18. The summed E-state index contributed by atoms with van der Waals surface area (Å²) < 4.78 is 5.56. The SMILES string of the molecule is CC(C)CCOCCNC(CCCl)C(C)C. The van der Waals surface area contributed by atoms with Gasteiger partial charge in [-0.3, -0.25) is 0 Å². The first kappa shape index (κ1) is 16.2. The van der Waals surface area contributed by atoms with Crippen LogP contribution in [-0.2, 0) is 4.74 Å². The molecule has 0 bridgehead atoms. The normalized spacial score (nSPS) is 13.7. The lowest BCUT2D eigenvalue weighted by molar-refractivity contribution is 0.121. The smallest absolute Gasteiger partial charge is 0.0591 e. The molecule has 0 rings (SSSR count). The minimum atomic E-state index is 0.520. The summed E-state index contributed by atoms with van der Waals surface area (Å²) >= 11 is 5.77. The Kier molecular flexibility index (Phi) is 10.5. The summed E-state index contributed by atoms with van der Waals surface area (Å²) in [4.78, 5) is 0. The van der Waals surface area contributed by atoms with Crippen molar-refractivity contribution in [3.8, 4) is 0 Å². The molecule has 0 amide bonds. The predicted octanol–water partition coefficient (Wildman–Crippen LogP) is 3.29. The van der Waals surface area contributed by atoms with Crippen LogP contribution < -0.4 is 5.32 Å². The van der Waals surface area contributed by atoms with Crippen molar-refractivity contribution in [1.29, 1.82) is 0 Å². The Morgan fingerprint density at radius 3 is 2.25 bits per heavy atom. The van der Waals surface area contributed by atoms with Crippen LogP contribution in [0.2, 0.25) is 0 Å². The van der Waals surface area contributed by atoms with E-state index in [2.05, 4.69) is 33.0 Å². The lowest BCUT2D eigenvalue weighted by atomic mass is 10.0. The number of halogens is 1. The van der Waals surface area contributed by atoms with Gasteiger partial charge < -0.3 is 10.1 Å². The molecule has 98 valence electrons. The monoisotopic (exact) mass is 249 g/mol. The highest BCUT2D eigenvalue weighted by atomic mass is 35.5. The Labute approximate surface area is 106 Å². The van der Waals surface area contributed by atoms with Gasteiger partial charge in [0.05, 0.1) is 6.61 Å². The van der Waals surface area contributed by atoms with Gasteiger partial charge in [0, 0.05) is 25.1 Å². The standard InChI is InChI=1S/C13H28ClNO/c1-11(2)6-9-16-10-8-15-13(5-7-14)12(3)4/h11-13,15H,5-10H2,1-4H3. The fraction of sp³-hybridized carbons (Fsp3) is 1.00. The first-order valence-corrected chi connectivity index (χ1v) is 6.98. The number of alkyl halides is 1. The van der Waals surface area contributed by atoms with E-state index in [4.69, 9.17) is 16.3 Å². The molecule has 0 radical (unpaired) electrons. The van der Waals surface area contributed by atoms with Crippen LogP contribution >= 0.6 is 11.6 Å². The third-order valence-corrected chi connectivity index (χ3v) is 2.94. The molecule has 0 fully saturated rings.